The van der Waals surface area contributed by atoms with Crippen LogP contribution in [0.5, 0.6) is 0 Å². The molecule has 0 unspecified atom stereocenters. The van der Waals surface area contributed by atoms with Gasteiger partial charge in [0.1, 0.15) is 6.54 Å². The number of carbonyl (C=O) groups is 4. The minimum atomic E-state index is -0.511. The zero-order valence-electron chi connectivity index (χ0n) is 14.1. The quantitative estimate of drug-likeness (QED) is 0.701. The van der Waals surface area contributed by atoms with Crippen LogP contribution in [0.1, 0.15) is 43.0 Å². The molecule has 0 spiro atoms. The van der Waals surface area contributed by atoms with Gasteiger partial charge in [-0.2, -0.15) is 0 Å². The maximum atomic E-state index is 12.1. The number of amides is 4. The van der Waals surface area contributed by atoms with Gasteiger partial charge in [0.15, 0.2) is 0 Å². The average Bonchev–Trinajstić information content (AvgIpc) is 2.77. The zero-order valence-corrected chi connectivity index (χ0v) is 14.1. The minimum Gasteiger partial charge on any atom is -0.333 e. The Hall–Kier alpha value is -2.90. The van der Waals surface area contributed by atoms with Gasteiger partial charge in [-0.3, -0.25) is 30.0 Å². The number of rotatable bonds is 4. The van der Waals surface area contributed by atoms with Gasteiger partial charge in [0, 0.05) is 31.1 Å². The van der Waals surface area contributed by atoms with Crippen LogP contribution in [0.15, 0.2) is 24.3 Å². The first kappa shape index (κ1) is 18.4. The van der Waals surface area contributed by atoms with Gasteiger partial charge in [-0.25, -0.2) is 0 Å². The van der Waals surface area contributed by atoms with Crippen LogP contribution in [0, 0.1) is 0 Å². The predicted molar refractivity (Wildman–Crippen MR) is 91.4 cm³/mol. The molecule has 134 valence electrons. The lowest BCUT2D eigenvalue weighted by Crippen LogP contribution is -2.47. The SMILES string of the molecule is CC(=O)Nc1cccc(C(=O)NNC(=O)CN2CCCCCC2=O)c1. The number of nitrogens with one attached hydrogen (secondary N) is 3. The Morgan fingerprint density at radius 3 is 2.68 bits per heavy atom. The lowest BCUT2D eigenvalue weighted by molar-refractivity contribution is -0.135. The molecule has 1 fully saturated rings. The van der Waals surface area contributed by atoms with Gasteiger partial charge < -0.3 is 10.2 Å². The highest BCUT2D eigenvalue weighted by molar-refractivity contribution is 5.97. The second kappa shape index (κ2) is 8.81. The number of likely N-dealkylation sites (tertiary alicyclic amines) is 1. The summed E-state index contributed by atoms with van der Waals surface area (Å²) in [5, 5.41) is 2.58. The van der Waals surface area contributed by atoms with Crippen LogP contribution in [-0.4, -0.2) is 41.6 Å². The molecule has 8 heteroatoms. The molecule has 25 heavy (non-hydrogen) atoms. The van der Waals surface area contributed by atoms with Crippen LogP contribution < -0.4 is 16.2 Å². The minimum absolute atomic E-state index is 0.0398. The number of anilines is 1. The van der Waals surface area contributed by atoms with E-state index >= 15 is 0 Å². The summed E-state index contributed by atoms with van der Waals surface area (Å²) in [5.41, 5.74) is 5.40. The molecule has 0 aromatic heterocycles. The molecule has 1 aliphatic rings. The Kier molecular flexibility index (Phi) is 6.50. The summed E-state index contributed by atoms with van der Waals surface area (Å²) in [6, 6.07) is 6.34. The van der Waals surface area contributed by atoms with E-state index in [1.165, 1.54) is 17.9 Å². The number of hydrazine groups is 1. The standard InChI is InChI=1S/C17H22N4O4/c1-12(22)18-14-7-5-6-13(10-14)17(25)20-19-15(23)11-21-9-4-2-3-8-16(21)24/h5-7,10H,2-4,8-9,11H2,1H3,(H,18,22)(H,19,23)(H,20,25). The highest BCUT2D eigenvalue weighted by Gasteiger charge is 2.19. The Balaban J connectivity index is 1.85. The molecule has 1 aliphatic heterocycles. The van der Waals surface area contributed by atoms with Gasteiger partial charge in [-0.15, -0.1) is 0 Å². The summed E-state index contributed by atoms with van der Waals surface area (Å²) in [6.07, 6.45) is 3.15. The second-order valence-electron chi connectivity index (χ2n) is 5.89. The lowest BCUT2D eigenvalue weighted by Gasteiger charge is -2.19. The van der Waals surface area contributed by atoms with Crippen molar-refractivity contribution in [2.45, 2.75) is 32.6 Å². The fourth-order valence-electron chi connectivity index (χ4n) is 2.56. The Labute approximate surface area is 145 Å². The first-order chi connectivity index (χ1) is 12.0. The van der Waals surface area contributed by atoms with E-state index in [0.717, 1.165) is 19.3 Å². The van der Waals surface area contributed by atoms with Crippen LogP contribution >= 0.6 is 0 Å². The van der Waals surface area contributed by atoms with Crippen molar-refractivity contribution in [1.29, 1.82) is 0 Å². The number of hydrogen-bond donors (Lipinski definition) is 3. The molecule has 1 aromatic rings. The van der Waals surface area contributed by atoms with Crippen molar-refractivity contribution in [2.75, 3.05) is 18.4 Å². The van der Waals surface area contributed by atoms with Crippen molar-refractivity contribution in [2.24, 2.45) is 0 Å². The van der Waals surface area contributed by atoms with Crippen molar-refractivity contribution in [3.05, 3.63) is 29.8 Å². The fraction of sp³-hybridized carbons (Fsp3) is 0.412. The first-order valence-corrected chi connectivity index (χ1v) is 8.20. The van der Waals surface area contributed by atoms with Crippen LogP contribution in [-0.2, 0) is 14.4 Å². The monoisotopic (exact) mass is 346 g/mol. The summed E-state index contributed by atoms with van der Waals surface area (Å²) in [4.78, 5) is 48.4. The second-order valence-corrected chi connectivity index (χ2v) is 5.89. The smallest absolute Gasteiger partial charge is 0.269 e. The third-order valence-corrected chi connectivity index (χ3v) is 3.77. The van der Waals surface area contributed by atoms with Gasteiger partial charge in [0.05, 0.1) is 0 Å². The molecule has 0 radical (unpaired) electrons. The molecule has 0 atom stereocenters. The number of hydrogen-bond acceptors (Lipinski definition) is 4. The fourth-order valence-corrected chi connectivity index (χ4v) is 2.56. The number of carbonyl (C=O) groups excluding carboxylic acids is 4. The van der Waals surface area contributed by atoms with Crippen molar-refractivity contribution >= 4 is 29.3 Å². The van der Waals surface area contributed by atoms with E-state index in [1.54, 1.807) is 18.2 Å². The van der Waals surface area contributed by atoms with Gasteiger partial charge in [0.25, 0.3) is 11.8 Å². The van der Waals surface area contributed by atoms with Crippen molar-refractivity contribution in [3.8, 4) is 0 Å². The molecule has 8 nitrogen and oxygen atoms in total. The molecular formula is C17H22N4O4. The maximum Gasteiger partial charge on any atom is 0.269 e. The van der Waals surface area contributed by atoms with E-state index in [9.17, 15) is 19.2 Å². The highest BCUT2D eigenvalue weighted by atomic mass is 16.2. The van der Waals surface area contributed by atoms with Crippen LogP contribution in [0.4, 0.5) is 5.69 Å². The van der Waals surface area contributed by atoms with Crippen molar-refractivity contribution in [3.63, 3.8) is 0 Å². The summed E-state index contributed by atoms with van der Waals surface area (Å²) < 4.78 is 0. The third kappa shape index (κ3) is 5.91. The summed E-state index contributed by atoms with van der Waals surface area (Å²) in [5.74, 6) is -1.25. The van der Waals surface area contributed by atoms with Gasteiger partial charge in [-0.05, 0) is 31.0 Å². The van der Waals surface area contributed by atoms with Crippen LogP contribution in [0.25, 0.3) is 0 Å². The predicted octanol–water partition coefficient (Wildman–Crippen LogP) is 0.809. The zero-order chi connectivity index (χ0) is 18.2. The van der Waals surface area contributed by atoms with Gasteiger partial charge in [0.2, 0.25) is 11.8 Å². The van der Waals surface area contributed by atoms with Crippen LogP contribution in [0.2, 0.25) is 0 Å². The maximum absolute atomic E-state index is 12.1. The largest absolute Gasteiger partial charge is 0.333 e. The molecule has 3 N–H and O–H groups in total. The molecule has 0 bridgehead atoms. The molecule has 1 aromatic carbocycles. The highest BCUT2D eigenvalue weighted by Crippen LogP contribution is 2.11. The lowest BCUT2D eigenvalue weighted by atomic mass is 10.2. The van der Waals surface area contributed by atoms with Gasteiger partial charge in [-0.1, -0.05) is 12.5 Å². The number of benzene rings is 1. The molecule has 4 amide bonds. The van der Waals surface area contributed by atoms with E-state index in [0.29, 0.717) is 18.7 Å². The first-order valence-electron chi connectivity index (χ1n) is 8.20. The number of nitrogens with zero attached hydrogens (tertiary/aromatic N) is 1. The van der Waals surface area contributed by atoms with E-state index in [1.807, 2.05) is 0 Å². The average molecular weight is 346 g/mol. The summed E-state index contributed by atoms with van der Waals surface area (Å²) in [6.45, 7) is 1.85. The van der Waals surface area contributed by atoms with E-state index in [2.05, 4.69) is 16.2 Å². The topological polar surface area (TPSA) is 108 Å². The van der Waals surface area contributed by atoms with Crippen molar-refractivity contribution in [1.82, 2.24) is 15.8 Å². The molecule has 1 saturated heterocycles. The van der Waals surface area contributed by atoms with Crippen molar-refractivity contribution < 1.29 is 19.2 Å². The summed E-state index contributed by atoms with van der Waals surface area (Å²) in [7, 11) is 0. The third-order valence-electron chi connectivity index (χ3n) is 3.77. The Bertz CT molecular complexity index is 674. The Morgan fingerprint density at radius 1 is 1.12 bits per heavy atom. The molecule has 2 rings (SSSR count). The van der Waals surface area contributed by atoms with Crippen LogP contribution in [0.3, 0.4) is 0 Å². The molecular weight excluding hydrogens is 324 g/mol. The summed E-state index contributed by atoms with van der Waals surface area (Å²) >= 11 is 0. The molecule has 0 saturated carbocycles. The van der Waals surface area contributed by atoms with E-state index in [4.69, 9.17) is 0 Å². The normalized spacial score (nSPS) is 14.4. The van der Waals surface area contributed by atoms with E-state index < -0.39 is 11.8 Å². The molecule has 1 heterocycles. The van der Waals surface area contributed by atoms with E-state index in [-0.39, 0.29) is 23.9 Å². The molecule has 0 aliphatic carbocycles. The van der Waals surface area contributed by atoms with Gasteiger partial charge >= 0.3 is 0 Å². The Morgan fingerprint density at radius 2 is 1.92 bits per heavy atom.